The average molecular weight is 249 g/mol. The molecule has 18 heavy (non-hydrogen) atoms. The summed E-state index contributed by atoms with van der Waals surface area (Å²) in [6.45, 7) is 12.3. The first-order valence-electron chi connectivity index (χ1n) is 7.20. The van der Waals surface area contributed by atoms with Crippen molar-refractivity contribution in [3.63, 3.8) is 0 Å². The molecular weight excluding hydrogens is 222 g/mol. The van der Waals surface area contributed by atoms with Gasteiger partial charge in [-0.1, -0.05) is 13.8 Å². The zero-order valence-electron chi connectivity index (χ0n) is 12.7. The maximum atomic E-state index is 4.68. The van der Waals surface area contributed by atoms with Crippen molar-refractivity contribution in [2.75, 3.05) is 7.05 Å². The molecule has 1 aliphatic carbocycles. The number of nitrogens with zero attached hydrogens (tertiary/aromatic N) is 2. The zero-order valence-corrected chi connectivity index (χ0v) is 12.7. The van der Waals surface area contributed by atoms with Crippen molar-refractivity contribution in [3.8, 4) is 0 Å². The van der Waals surface area contributed by atoms with Gasteiger partial charge in [-0.3, -0.25) is 4.68 Å². The summed E-state index contributed by atoms with van der Waals surface area (Å²) < 4.78 is 2.15. The van der Waals surface area contributed by atoms with Gasteiger partial charge >= 0.3 is 0 Å². The van der Waals surface area contributed by atoms with Crippen LogP contribution in [0.5, 0.6) is 0 Å². The van der Waals surface area contributed by atoms with Crippen LogP contribution in [-0.4, -0.2) is 22.9 Å². The third kappa shape index (κ3) is 1.71. The normalized spacial score (nSPS) is 31.4. The Morgan fingerprint density at radius 1 is 1.39 bits per heavy atom. The Hall–Kier alpha value is -0.830. The minimum absolute atomic E-state index is 0.381. The van der Waals surface area contributed by atoms with Crippen LogP contribution in [0.3, 0.4) is 0 Å². The van der Waals surface area contributed by atoms with E-state index in [4.69, 9.17) is 0 Å². The Morgan fingerprint density at radius 3 is 2.50 bits per heavy atom. The Balaban J connectivity index is 2.36. The van der Waals surface area contributed by atoms with Gasteiger partial charge in [-0.05, 0) is 57.6 Å². The summed E-state index contributed by atoms with van der Waals surface area (Å²) in [4.78, 5) is 0. The molecule has 1 fully saturated rings. The van der Waals surface area contributed by atoms with Crippen LogP contribution in [-0.2, 0) is 6.54 Å². The second-order valence-corrected chi connectivity index (χ2v) is 5.89. The summed E-state index contributed by atoms with van der Waals surface area (Å²) in [5.41, 5.74) is 4.49. The quantitative estimate of drug-likeness (QED) is 0.889. The number of aryl methyl sites for hydroxylation is 2. The van der Waals surface area contributed by atoms with Gasteiger partial charge in [-0.2, -0.15) is 5.10 Å². The fourth-order valence-electron chi connectivity index (χ4n) is 3.77. The van der Waals surface area contributed by atoms with E-state index in [1.807, 2.05) is 0 Å². The summed E-state index contributed by atoms with van der Waals surface area (Å²) in [5, 5.41) is 8.15. The summed E-state index contributed by atoms with van der Waals surface area (Å²) in [7, 11) is 2.09. The van der Waals surface area contributed by atoms with Crippen LogP contribution in [0.15, 0.2) is 0 Å². The Bertz CT molecular complexity index is 435. The maximum Gasteiger partial charge on any atom is 0.0631 e. The molecule has 102 valence electrons. The lowest BCUT2D eigenvalue weighted by Crippen LogP contribution is -2.55. The second-order valence-electron chi connectivity index (χ2n) is 5.89. The van der Waals surface area contributed by atoms with Crippen molar-refractivity contribution in [3.05, 3.63) is 17.0 Å². The van der Waals surface area contributed by atoms with Gasteiger partial charge in [-0.15, -0.1) is 0 Å². The molecule has 0 aromatic carbocycles. The molecule has 1 saturated carbocycles. The molecule has 1 N–H and O–H groups in total. The third-order valence-electron chi connectivity index (χ3n) is 5.26. The van der Waals surface area contributed by atoms with Crippen LogP contribution in [0.4, 0.5) is 0 Å². The molecule has 0 spiro atoms. The molecule has 0 bridgehead atoms. The Morgan fingerprint density at radius 2 is 2.06 bits per heavy atom. The Kier molecular flexibility index (Phi) is 3.54. The third-order valence-corrected chi connectivity index (χ3v) is 5.26. The predicted octanol–water partition coefficient (Wildman–Crippen LogP) is 3.01. The summed E-state index contributed by atoms with van der Waals surface area (Å²) in [5.74, 6) is 0.667. The topological polar surface area (TPSA) is 29.9 Å². The molecule has 0 amide bonds. The van der Waals surface area contributed by atoms with E-state index >= 15 is 0 Å². The first kappa shape index (κ1) is 13.6. The predicted molar refractivity (Wildman–Crippen MR) is 76.0 cm³/mol. The van der Waals surface area contributed by atoms with Crippen molar-refractivity contribution in [1.82, 2.24) is 15.1 Å². The smallest absolute Gasteiger partial charge is 0.0631 e. The van der Waals surface area contributed by atoms with Crippen molar-refractivity contribution in [2.24, 2.45) is 5.41 Å². The highest BCUT2D eigenvalue weighted by Crippen LogP contribution is 2.55. The largest absolute Gasteiger partial charge is 0.316 e. The van der Waals surface area contributed by atoms with E-state index in [9.17, 15) is 0 Å². The zero-order chi connectivity index (χ0) is 13.5. The van der Waals surface area contributed by atoms with Gasteiger partial charge in [0, 0.05) is 18.3 Å². The van der Waals surface area contributed by atoms with Crippen LogP contribution in [0, 0.1) is 19.3 Å². The van der Waals surface area contributed by atoms with E-state index in [1.165, 1.54) is 29.8 Å². The van der Waals surface area contributed by atoms with E-state index < -0.39 is 0 Å². The van der Waals surface area contributed by atoms with Gasteiger partial charge in [0.1, 0.15) is 0 Å². The molecule has 2 rings (SSSR count). The second kappa shape index (κ2) is 4.69. The van der Waals surface area contributed by atoms with Gasteiger partial charge in [0.2, 0.25) is 0 Å². The SMILES string of the molecule is CCn1nc(C)c(C2CC(NC)C2(C)CC)c1C. The number of hydrogen-bond donors (Lipinski definition) is 1. The monoisotopic (exact) mass is 249 g/mol. The Labute approximate surface area is 111 Å². The van der Waals surface area contributed by atoms with E-state index in [0.717, 1.165) is 6.54 Å². The standard InChI is InChI=1S/C15H27N3/c1-7-15(5)12(9-13(15)16-6)14-10(3)17-18(8-2)11(14)4/h12-13,16H,7-9H2,1-6H3. The summed E-state index contributed by atoms with van der Waals surface area (Å²) in [6, 6.07) is 0.649. The van der Waals surface area contributed by atoms with Gasteiger partial charge < -0.3 is 5.32 Å². The molecule has 3 nitrogen and oxygen atoms in total. The molecule has 1 aliphatic rings. The summed E-state index contributed by atoms with van der Waals surface area (Å²) >= 11 is 0. The molecule has 3 atom stereocenters. The van der Waals surface area contributed by atoms with Gasteiger partial charge in [0.15, 0.2) is 0 Å². The van der Waals surface area contributed by atoms with Gasteiger partial charge in [0.05, 0.1) is 5.69 Å². The van der Waals surface area contributed by atoms with Crippen molar-refractivity contribution < 1.29 is 0 Å². The lowest BCUT2D eigenvalue weighted by atomic mass is 9.53. The van der Waals surface area contributed by atoms with E-state index in [0.29, 0.717) is 17.4 Å². The van der Waals surface area contributed by atoms with Crippen LogP contribution >= 0.6 is 0 Å². The highest BCUT2D eigenvalue weighted by atomic mass is 15.3. The molecule has 1 aromatic heterocycles. The fraction of sp³-hybridized carbons (Fsp3) is 0.800. The van der Waals surface area contributed by atoms with Crippen LogP contribution in [0.1, 0.15) is 56.5 Å². The van der Waals surface area contributed by atoms with Crippen LogP contribution in [0.25, 0.3) is 0 Å². The minimum Gasteiger partial charge on any atom is -0.316 e. The molecule has 1 heterocycles. The lowest BCUT2D eigenvalue weighted by Gasteiger charge is -2.54. The molecule has 0 radical (unpaired) electrons. The molecule has 0 aliphatic heterocycles. The van der Waals surface area contributed by atoms with Crippen molar-refractivity contribution in [1.29, 1.82) is 0 Å². The van der Waals surface area contributed by atoms with E-state index in [1.54, 1.807) is 0 Å². The number of hydrogen-bond acceptors (Lipinski definition) is 2. The molecular formula is C15H27N3. The fourth-order valence-corrected chi connectivity index (χ4v) is 3.77. The van der Waals surface area contributed by atoms with Gasteiger partial charge in [0.25, 0.3) is 0 Å². The van der Waals surface area contributed by atoms with E-state index in [2.05, 4.69) is 56.8 Å². The highest BCUT2D eigenvalue weighted by molar-refractivity contribution is 5.34. The summed E-state index contributed by atoms with van der Waals surface area (Å²) in [6.07, 6.45) is 2.47. The van der Waals surface area contributed by atoms with Crippen LogP contribution in [0.2, 0.25) is 0 Å². The molecule has 0 saturated heterocycles. The molecule has 3 unspecified atom stereocenters. The number of nitrogens with one attached hydrogen (secondary N) is 1. The highest BCUT2D eigenvalue weighted by Gasteiger charge is 2.51. The molecule has 3 heteroatoms. The molecule has 1 aromatic rings. The maximum absolute atomic E-state index is 4.68. The number of rotatable bonds is 4. The first-order chi connectivity index (χ1) is 8.49. The minimum atomic E-state index is 0.381. The van der Waals surface area contributed by atoms with Gasteiger partial charge in [-0.25, -0.2) is 0 Å². The van der Waals surface area contributed by atoms with E-state index in [-0.39, 0.29) is 0 Å². The first-order valence-corrected chi connectivity index (χ1v) is 7.20. The van der Waals surface area contributed by atoms with Crippen molar-refractivity contribution >= 4 is 0 Å². The number of aromatic nitrogens is 2. The lowest BCUT2D eigenvalue weighted by molar-refractivity contribution is 0.0487. The van der Waals surface area contributed by atoms with Crippen LogP contribution < -0.4 is 5.32 Å². The van der Waals surface area contributed by atoms with Crippen molar-refractivity contribution in [2.45, 2.75) is 66.0 Å². The average Bonchev–Trinajstić information content (AvgIpc) is 2.64.